The van der Waals surface area contributed by atoms with Crippen molar-refractivity contribution in [3.63, 3.8) is 0 Å². The highest BCUT2D eigenvalue weighted by molar-refractivity contribution is 5.80. The van der Waals surface area contributed by atoms with E-state index in [-0.39, 0.29) is 11.9 Å². The first kappa shape index (κ1) is 12.5. The molecule has 1 saturated heterocycles. The monoisotopic (exact) mass is 214 g/mol. The SMILES string of the molecule is CC(NCC1CCCOC1)C(=O)N(C)C. The zero-order valence-corrected chi connectivity index (χ0v) is 9.95. The fourth-order valence-electron chi connectivity index (χ4n) is 1.79. The summed E-state index contributed by atoms with van der Waals surface area (Å²) in [5.74, 6) is 0.697. The number of nitrogens with one attached hydrogen (secondary N) is 1. The van der Waals surface area contributed by atoms with Gasteiger partial charge < -0.3 is 15.0 Å². The quantitative estimate of drug-likeness (QED) is 0.740. The number of ether oxygens (including phenoxy) is 1. The van der Waals surface area contributed by atoms with E-state index in [0.717, 1.165) is 26.2 Å². The first-order valence-corrected chi connectivity index (χ1v) is 5.63. The number of hydrogen-bond acceptors (Lipinski definition) is 3. The Morgan fingerprint density at radius 1 is 1.60 bits per heavy atom. The maximum atomic E-state index is 11.5. The lowest BCUT2D eigenvalue weighted by atomic mass is 10.0. The van der Waals surface area contributed by atoms with Gasteiger partial charge in [-0.05, 0) is 25.7 Å². The van der Waals surface area contributed by atoms with Crippen molar-refractivity contribution in [3.8, 4) is 0 Å². The summed E-state index contributed by atoms with van der Waals surface area (Å²) < 4.78 is 5.39. The average molecular weight is 214 g/mol. The predicted molar refractivity (Wildman–Crippen MR) is 59.7 cm³/mol. The zero-order chi connectivity index (χ0) is 11.3. The van der Waals surface area contributed by atoms with Crippen molar-refractivity contribution in [2.75, 3.05) is 33.9 Å². The molecule has 1 aliphatic heterocycles. The Bertz CT molecular complexity index is 201. The van der Waals surface area contributed by atoms with Crippen molar-refractivity contribution in [1.82, 2.24) is 10.2 Å². The summed E-state index contributed by atoms with van der Waals surface area (Å²) in [6.45, 7) is 4.51. The molecule has 0 spiro atoms. The fraction of sp³-hybridized carbons (Fsp3) is 0.909. The molecule has 0 saturated carbocycles. The molecule has 2 unspecified atom stereocenters. The third-order valence-electron chi connectivity index (χ3n) is 2.78. The molecule has 0 aromatic rings. The molecule has 88 valence electrons. The van der Waals surface area contributed by atoms with Crippen LogP contribution >= 0.6 is 0 Å². The van der Waals surface area contributed by atoms with Crippen LogP contribution in [-0.2, 0) is 9.53 Å². The second kappa shape index (κ2) is 6.08. The van der Waals surface area contributed by atoms with Crippen LogP contribution in [-0.4, -0.2) is 50.7 Å². The molecule has 1 heterocycles. The van der Waals surface area contributed by atoms with E-state index in [2.05, 4.69) is 5.32 Å². The van der Waals surface area contributed by atoms with E-state index < -0.39 is 0 Å². The number of likely N-dealkylation sites (N-methyl/N-ethyl adjacent to an activating group) is 1. The van der Waals surface area contributed by atoms with Gasteiger partial charge in [0.1, 0.15) is 0 Å². The van der Waals surface area contributed by atoms with Crippen molar-refractivity contribution < 1.29 is 9.53 Å². The van der Waals surface area contributed by atoms with Crippen LogP contribution in [0.2, 0.25) is 0 Å². The van der Waals surface area contributed by atoms with E-state index in [4.69, 9.17) is 4.74 Å². The minimum absolute atomic E-state index is 0.0954. The van der Waals surface area contributed by atoms with Gasteiger partial charge in [-0.15, -0.1) is 0 Å². The van der Waals surface area contributed by atoms with E-state index in [1.165, 1.54) is 6.42 Å². The van der Waals surface area contributed by atoms with Gasteiger partial charge in [-0.2, -0.15) is 0 Å². The maximum Gasteiger partial charge on any atom is 0.238 e. The minimum Gasteiger partial charge on any atom is -0.381 e. The van der Waals surface area contributed by atoms with Crippen LogP contribution in [0.15, 0.2) is 0 Å². The Labute approximate surface area is 92.0 Å². The fourth-order valence-corrected chi connectivity index (χ4v) is 1.79. The standard InChI is InChI=1S/C11H22N2O2/c1-9(11(14)13(2)3)12-7-10-5-4-6-15-8-10/h9-10,12H,4-8H2,1-3H3. The minimum atomic E-state index is -0.0954. The molecule has 0 aliphatic carbocycles. The number of nitrogens with zero attached hydrogens (tertiary/aromatic N) is 1. The summed E-state index contributed by atoms with van der Waals surface area (Å²) in [6, 6.07) is -0.0954. The number of hydrogen-bond donors (Lipinski definition) is 1. The van der Waals surface area contributed by atoms with Crippen molar-refractivity contribution in [2.45, 2.75) is 25.8 Å². The van der Waals surface area contributed by atoms with E-state index >= 15 is 0 Å². The molecule has 0 radical (unpaired) electrons. The molecule has 2 atom stereocenters. The first-order valence-electron chi connectivity index (χ1n) is 5.63. The molecule has 4 nitrogen and oxygen atoms in total. The summed E-state index contributed by atoms with van der Waals surface area (Å²) >= 11 is 0. The Morgan fingerprint density at radius 3 is 2.87 bits per heavy atom. The Balaban J connectivity index is 2.20. The van der Waals surface area contributed by atoms with Crippen LogP contribution in [0.25, 0.3) is 0 Å². The third-order valence-corrected chi connectivity index (χ3v) is 2.78. The van der Waals surface area contributed by atoms with Crippen molar-refractivity contribution in [1.29, 1.82) is 0 Å². The second-order valence-corrected chi connectivity index (χ2v) is 4.45. The van der Waals surface area contributed by atoms with Crippen LogP contribution in [0, 0.1) is 5.92 Å². The zero-order valence-electron chi connectivity index (χ0n) is 9.95. The van der Waals surface area contributed by atoms with Gasteiger partial charge >= 0.3 is 0 Å². The molecule has 1 rings (SSSR count). The van der Waals surface area contributed by atoms with Crippen molar-refractivity contribution in [2.24, 2.45) is 5.92 Å². The maximum absolute atomic E-state index is 11.5. The summed E-state index contributed by atoms with van der Waals surface area (Å²) in [5.41, 5.74) is 0. The molecular formula is C11H22N2O2. The van der Waals surface area contributed by atoms with Crippen LogP contribution < -0.4 is 5.32 Å². The molecule has 0 aromatic carbocycles. The van der Waals surface area contributed by atoms with Gasteiger partial charge in [0.25, 0.3) is 0 Å². The second-order valence-electron chi connectivity index (χ2n) is 4.45. The summed E-state index contributed by atoms with van der Waals surface area (Å²) in [7, 11) is 3.56. The number of amides is 1. The smallest absolute Gasteiger partial charge is 0.238 e. The molecule has 1 fully saturated rings. The van der Waals surface area contributed by atoms with Crippen LogP contribution in [0.1, 0.15) is 19.8 Å². The number of carbonyl (C=O) groups is 1. The van der Waals surface area contributed by atoms with Gasteiger partial charge in [0.15, 0.2) is 0 Å². The van der Waals surface area contributed by atoms with E-state index in [1.807, 2.05) is 6.92 Å². The van der Waals surface area contributed by atoms with Gasteiger partial charge in [-0.25, -0.2) is 0 Å². The Kier molecular flexibility index (Phi) is 5.05. The van der Waals surface area contributed by atoms with Gasteiger partial charge in [0.2, 0.25) is 5.91 Å². The number of carbonyl (C=O) groups excluding carboxylic acids is 1. The highest BCUT2D eigenvalue weighted by Gasteiger charge is 2.18. The lowest BCUT2D eigenvalue weighted by Crippen LogP contribution is -2.44. The normalized spacial score (nSPS) is 23.5. The number of rotatable bonds is 4. The highest BCUT2D eigenvalue weighted by Crippen LogP contribution is 2.12. The van der Waals surface area contributed by atoms with Crippen molar-refractivity contribution >= 4 is 5.91 Å². The highest BCUT2D eigenvalue weighted by atomic mass is 16.5. The Hall–Kier alpha value is -0.610. The van der Waals surface area contributed by atoms with Gasteiger partial charge in [-0.3, -0.25) is 4.79 Å². The topological polar surface area (TPSA) is 41.6 Å². The van der Waals surface area contributed by atoms with Crippen molar-refractivity contribution in [3.05, 3.63) is 0 Å². The third kappa shape index (κ3) is 4.18. The van der Waals surface area contributed by atoms with E-state index in [1.54, 1.807) is 19.0 Å². The van der Waals surface area contributed by atoms with Crippen LogP contribution in [0.3, 0.4) is 0 Å². The first-order chi connectivity index (χ1) is 7.11. The van der Waals surface area contributed by atoms with Crippen LogP contribution in [0.4, 0.5) is 0 Å². The molecule has 0 bridgehead atoms. The van der Waals surface area contributed by atoms with E-state index in [9.17, 15) is 4.79 Å². The molecule has 15 heavy (non-hydrogen) atoms. The molecule has 1 amide bonds. The summed E-state index contributed by atoms with van der Waals surface area (Å²) in [4.78, 5) is 13.2. The van der Waals surface area contributed by atoms with Gasteiger partial charge in [-0.1, -0.05) is 0 Å². The summed E-state index contributed by atoms with van der Waals surface area (Å²) in [6.07, 6.45) is 2.35. The average Bonchev–Trinajstić information content (AvgIpc) is 2.26. The molecule has 1 aliphatic rings. The Morgan fingerprint density at radius 2 is 2.33 bits per heavy atom. The van der Waals surface area contributed by atoms with Crippen LogP contribution in [0.5, 0.6) is 0 Å². The predicted octanol–water partition coefficient (Wildman–Crippen LogP) is 0.479. The lowest BCUT2D eigenvalue weighted by molar-refractivity contribution is -0.130. The summed E-state index contributed by atoms with van der Waals surface area (Å²) in [5, 5.41) is 3.26. The largest absolute Gasteiger partial charge is 0.381 e. The molecule has 1 N–H and O–H groups in total. The van der Waals surface area contributed by atoms with Gasteiger partial charge in [0, 0.05) is 27.2 Å². The molecule has 4 heteroatoms. The lowest BCUT2D eigenvalue weighted by Gasteiger charge is -2.25. The van der Waals surface area contributed by atoms with Gasteiger partial charge in [0.05, 0.1) is 12.6 Å². The van der Waals surface area contributed by atoms with E-state index in [0.29, 0.717) is 5.92 Å². The molecular weight excluding hydrogens is 192 g/mol. The molecule has 0 aromatic heterocycles.